The van der Waals surface area contributed by atoms with Crippen LogP contribution in [0, 0.1) is 12.3 Å². The van der Waals surface area contributed by atoms with Gasteiger partial charge in [-0.2, -0.15) is 0 Å². The lowest BCUT2D eigenvalue weighted by molar-refractivity contribution is 0.600. The Morgan fingerprint density at radius 1 is 1.47 bits per heavy atom. The van der Waals surface area contributed by atoms with Crippen molar-refractivity contribution in [3.05, 3.63) is 29.3 Å². The van der Waals surface area contributed by atoms with Crippen molar-refractivity contribution in [1.29, 1.82) is 5.41 Å². The van der Waals surface area contributed by atoms with E-state index >= 15 is 0 Å². The predicted molar refractivity (Wildman–Crippen MR) is 69.9 cm³/mol. The van der Waals surface area contributed by atoms with Crippen LogP contribution in [0.4, 0.5) is 5.69 Å². The van der Waals surface area contributed by atoms with E-state index < -0.39 is 10.0 Å². The van der Waals surface area contributed by atoms with Crippen LogP contribution >= 0.6 is 0 Å². The van der Waals surface area contributed by atoms with E-state index in [1.807, 2.05) is 0 Å². The Hall–Kier alpha value is -1.56. The van der Waals surface area contributed by atoms with Gasteiger partial charge in [-0.25, -0.2) is 8.42 Å². The summed E-state index contributed by atoms with van der Waals surface area (Å²) in [4.78, 5) is 0. The molecule has 5 nitrogen and oxygen atoms in total. The van der Waals surface area contributed by atoms with Gasteiger partial charge in [0.15, 0.2) is 0 Å². The lowest BCUT2D eigenvalue weighted by Crippen LogP contribution is -2.18. The zero-order chi connectivity index (χ0) is 13.1. The van der Waals surface area contributed by atoms with E-state index in [2.05, 4.69) is 4.72 Å². The first-order chi connectivity index (χ1) is 7.85. The number of anilines is 1. The number of nitrogens with two attached hydrogens (primary N) is 1. The largest absolute Gasteiger partial charge is 0.384 e. The number of nitrogen functional groups attached to an aromatic ring is 1. The molecule has 0 amide bonds. The van der Waals surface area contributed by atoms with Crippen molar-refractivity contribution in [2.75, 3.05) is 10.5 Å². The van der Waals surface area contributed by atoms with E-state index in [9.17, 15) is 8.42 Å². The van der Waals surface area contributed by atoms with Crippen molar-refractivity contribution in [2.24, 2.45) is 5.73 Å². The number of nitrogens with one attached hydrogen (secondary N) is 2. The molecule has 0 saturated heterocycles. The lowest BCUT2D eigenvalue weighted by Gasteiger charge is -2.11. The van der Waals surface area contributed by atoms with Gasteiger partial charge in [-0.15, -0.1) is 0 Å². The van der Waals surface area contributed by atoms with Crippen molar-refractivity contribution in [3.8, 4) is 0 Å². The van der Waals surface area contributed by atoms with Gasteiger partial charge >= 0.3 is 0 Å². The van der Waals surface area contributed by atoms with E-state index in [1.54, 1.807) is 32.0 Å². The first kappa shape index (κ1) is 13.5. The van der Waals surface area contributed by atoms with Gasteiger partial charge in [0.25, 0.3) is 0 Å². The van der Waals surface area contributed by atoms with Gasteiger partial charge < -0.3 is 5.73 Å². The maximum absolute atomic E-state index is 11.6. The summed E-state index contributed by atoms with van der Waals surface area (Å²) in [6.45, 7) is 3.60. The van der Waals surface area contributed by atoms with Crippen LogP contribution in [0.3, 0.4) is 0 Å². The molecular weight excluding hydrogens is 238 g/mol. The van der Waals surface area contributed by atoms with Crippen molar-refractivity contribution in [3.63, 3.8) is 0 Å². The molecule has 6 heteroatoms. The number of aryl methyl sites for hydroxylation is 1. The summed E-state index contributed by atoms with van der Waals surface area (Å²) in [5.41, 5.74) is 7.14. The molecule has 0 aromatic heterocycles. The van der Waals surface area contributed by atoms with E-state index in [0.717, 1.165) is 5.56 Å². The second-order valence-electron chi connectivity index (χ2n) is 3.86. The fraction of sp³-hybridized carbons (Fsp3) is 0.364. The smallest absolute Gasteiger partial charge is 0.232 e. The molecule has 1 aromatic rings. The average Bonchev–Trinajstić information content (AvgIpc) is 2.20. The van der Waals surface area contributed by atoms with Crippen LogP contribution in [0.1, 0.15) is 24.5 Å². The van der Waals surface area contributed by atoms with Crippen LogP contribution in [0.15, 0.2) is 18.2 Å². The number of hydrogen-bond donors (Lipinski definition) is 3. The normalized spacial score (nSPS) is 11.2. The molecule has 0 aliphatic carbocycles. The molecule has 0 spiro atoms. The molecule has 17 heavy (non-hydrogen) atoms. The van der Waals surface area contributed by atoms with Gasteiger partial charge in [0.05, 0.1) is 11.4 Å². The molecule has 0 saturated carbocycles. The molecule has 0 heterocycles. The first-order valence-corrected chi connectivity index (χ1v) is 6.96. The summed E-state index contributed by atoms with van der Waals surface area (Å²) >= 11 is 0. The Labute approximate surface area is 102 Å². The number of benzene rings is 1. The second kappa shape index (κ2) is 5.18. The van der Waals surface area contributed by atoms with Crippen molar-refractivity contribution in [2.45, 2.75) is 20.3 Å². The van der Waals surface area contributed by atoms with Crippen LogP contribution in [-0.4, -0.2) is 20.0 Å². The molecule has 0 radical (unpaired) electrons. The van der Waals surface area contributed by atoms with Gasteiger partial charge in [0.1, 0.15) is 5.84 Å². The van der Waals surface area contributed by atoms with E-state index in [4.69, 9.17) is 11.1 Å². The molecule has 4 N–H and O–H groups in total. The maximum atomic E-state index is 11.6. The molecule has 0 unspecified atom stereocenters. The monoisotopic (exact) mass is 255 g/mol. The maximum Gasteiger partial charge on any atom is 0.232 e. The van der Waals surface area contributed by atoms with Crippen LogP contribution in [0.2, 0.25) is 0 Å². The minimum absolute atomic E-state index is 0.0801. The Morgan fingerprint density at radius 3 is 2.65 bits per heavy atom. The molecule has 0 aliphatic heterocycles. The third-order valence-electron chi connectivity index (χ3n) is 2.29. The summed E-state index contributed by atoms with van der Waals surface area (Å²) in [7, 11) is -3.31. The molecule has 1 rings (SSSR count). The van der Waals surface area contributed by atoms with Gasteiger partial charge in [-0.1, -0.05) is 19.1 Å². The Balaban J connectivity index is 3.06. The van der Waals surface area contributed by atoms with Crippen molar-refractivity contribution < 1.29 is 8.42 Å². The highest BCUT2D eigenvalue weighted by Gasteiger charge is 2.11. The number of rotatable bonds is 5. The zero-order valence-electron chi connectivity index (χ0n) is 9.95. The quantitative estimate of drug-likeness (QED) is 0.548. The SMILES string of the molecule is CCCS(=O)(=O)Nc1cc(C(=N)N)ccc1C. The van der Waals surface area contributed by atoms with Crippen LogP contribution in [0.5, 0.6) is 0 Å². The molecule has 1 aromatic carbocycles. The summed E-state index contributed by atoms with van der Waals surface area (Å²) in [6, 6.07) is 5.00. The highest BCUT2D eigenvalue weighted by molar-refractivity contribution is 7.92. The highest BCUT2D eigenvalue weighted by atomic mass is 32.2. The van der Waals surface area contributed by atoms with Crippen LogP contribution in [-0.2, 0) is 10.0 Å². The summed E-state index contributed by atoms with van der Waals surface area (Å²) in [5, 5.41) is 7.32. The summed E-state index contributed by atoms with van der Waals surface area (Å²) in [6.07, 6.45) is 0.556. The summed E-state index contributed by atoms with van der Waals surface area (Å²) < 4.78 is 25.8. The van der Waals surface area contributed by atoms with Crippen molar-refractivity contribution >= 4 is 21.5 Å². The Kier molecular flexibility index (Phi) is 4.11. The molecule has 0 atom stereocenters. The number of hydrogen-bond acceptors (Lipinski definition) is 3. The van der Waals surface area contributed by atoms with Crippen LogP contribution in [0.25, 0.3) is 0 Å². The van der Waals surface area contributed by atoms with Gasteiger partial charge in [-0.3, -0.25) is 10.1 Å². The zero-order valence-corrected chi connectivity index (χ0v) is 10.8. The molecule has 0 fully saturated rings. The first-order valence-electron chi connectivity index (χ1n) is 5.31. The second-order valence-corrected chi connectivity index (χ2v) is 5.71. The van der Waals surface area contributed by atoms with E-state index in [0.29, 0.717) is 17.7 Å². The average molecular weight is 255 g/mol. The molecule has 0 aliphatic rings. The minimum atomic E-state index is -3.31. The standard InChI is InChI=1S/C11H17N3O2S/c1-3-6-17(15,16)14-10-7-9(11(12)13)5-4-8(10)2/h4-5,7,14H,3,6H2,1-2H3,(H3,12,13). The number of amidine groups is 1. The lowest BCUT2D eigenvalue weighted by atomic mass is 10.1. The third-order valence-corrected chi connectivity index (χ3v) is 3.76. The predicted octanol–water partition coefficient (Wildman–Crippen LogP) is 1.43. The van der Waals surface area contributed by atoms with Gasteiger partial charge in [0, 0.05) is 5.56 Å². The fourth-order valence-corrected chi connectivity index (χ4v) is 2.58. The van der Waals surface area contributed by atoms with Gasteiger partial charge in [0.2, 0.25) is 10.0 Å². The molecular formula is C11H17N3O2S. The molecule has 94 valence electrons. The van der Waals surface area contributed by atoms with E-state index in [-0.39, 0.29) is 11.6 Å². The fourth-order valence-electron chi connectivity index (χ4n) is 1.39. The summed E-state index contributed by atoms with van der Waals surface area (Å²) in [5.74, 6) is -0.00237. The van der Waals surface area contributed by atoms with Gasteiger partial charge in [-0.05, 0) is 25.0 Å². The van der Waals surface area contributed by atoms with Crippen molar-refractivity contribution in [1.82, 2.24) is 0 Å². The Morgan fingerprint density at radius 2 is 2.12 bits per heavy atom. The minimum Gasteiger partial charge on any atom is -0.384 e. The number of sulfonamides is 1. The van der Waals surface area contributed by atoms with E-state index in [1.165, 1.54) is 0 Å². The topological polar surface area (TPSA) is 96.0 Å². The van der Waals surface area contributed by atoms with Crippen LogP contribution < -0.4 is 10.5 Å². The Bertz CT molecular complexity index is 524. The molecule has 0 bridgehead atoms. The third kappa shape index (κ3) is 3.74. The highest BCUT2D eigenvalue weighted by Crippen LogP contribution is 2.18.